The van der Waals surface area contributed by atoms with E-state index in [0.29, 0.717) is 22.3 Å². The molecule has 8 heteroatoms. The van der Waals surface area contributed by atoms with Crippen LogP contribution < -0.4 is 10.1 Å². The van der Waals surface area contributed by atoms with E-state index in [0.717, 1.165) is 16.8 Å². The summed E-state index contributed by atoms with van der Waals surface area (Å²) in [4.78, 5) is 16.2. The van der Waals surface area contributed by atoms with Gasteiger partial charge >= 0.3 is 0 Å². The van der Waals surface area contributed by atoms with Gasteiger partial charge in [0.2, 0.25) is 0 Å². The highest BCUT2D eigenvalue weighted by molar-refractivity contribution is 6.35. The molecule has 1 aromatic carbocycles. The van der Waals surface area contributed by atoms with Gasteiger partial charge in [0.1, 0.15) is 5.75 Å². The Bertz CT molecular complexity index is 927. The summed E-state index contributed by atoms with van der Waals surface area (Å²) in [5.74, 6) is 0.146. The maximum Gasteiger partial charge on any atom is 0.258 e. The van der Waals surface area contributed by atoms with Crippen LogP contribution in [0.25, 0.3) is 11.3 Å². The van der Waals surface area contributed by atoms with Crippen LogP contribution in [-0.4, -0.2) is 27.3 Å². The monoisotopic (exact) mass is 390 g/mol. The van der Waals surface area contributed by atoms with Gasteiger partial charge in [-0.2, -0.15) is 5.10 Å². The van der Waals surface area contributed by atoms with Gasteiger partial charge in [-0.1, -0.05) is 23.2 Å². The van der Waals surface area contributed by atoms with Crippen molar-refractivity contribution in [3.63, 3.8) is 0 Å². The molecule has 0 aliphatic carbocycles. The van der Waals surface area contributed by atoms with Gasteiger partial charge in [-0.3, -0.25) is 14.5 Å². The topological polar surface area (TPSA) is 69.0 Å². The second-order valence-electron chi connectivity index (χ2n) is 5.56. The van der Waals surface area contributed by atoms with Crippen molar-refractivity contribution in [1.82, 2.24) is 20.1 Å². The number of benzene rings is 1. The molecule has 26 heavy (non-hydrogen) atoms. The Kier molecular flexibility index (Phi) is 5.75. The number of nitrogens with zero attached hydrogens (tertiary/aromatic N) is 3. The van der Waals surface area contributed by atoms with Gasteiger partial charge in [0.25, 0.3) is 5.91 Å². The maximum absolute atomic E-state index is 12.0. The van der Waals surface area contributed by atoms with Crippen LogP contribution in [0.1, 0.15) is 5.56 Å². The first-order chi connectivity index (χ1) is 12.5. The van der Waals surface area contributed by atoms with Crippen LogP contribution >= 0.6 is 23.2 Å². The molecule has 0 saturated carbocycles. The Morgan fingerprint density at radius 1 is 1.23 bits per heavy atom. The summed E-state index contributed by atoms with van der Waals surface area (Å²) >= 11 is 11.8. The molecule has 6 nitrogen and oxygen atoms in total. The van der Waals surface area contributed by atoms with Gasteiger partial charge in [0.05, 0.1) is 10.7 Å². The number of aryl methyl sites for hydroxylation is 1. The van der Waals surface area contributed by atoms with Gasteiger partial charge in [-0.05, 0) is 35.9 Å². The van der Waals surface area contributed by atoms with Crippen molar-refractivity contribution in [3.05, 3.63) is 64.5 Å². The summed E-state index contributed by atoms with van der Waals surface area (Å²) in [5, 5.41) is 7.80. The van der Waals surface area contributed by atoms with E-state index in [-0.39, 0.29) is 12.5 Å². The zero-order chi connectivity index (χ0) is 18.5. The molecule has 0 aliphatic heterocycles. The number of aromatic nitrogens is 3. The first kappa shape index (κ1) is 18.2. The number of rotatable bonds is 6. The largest absolute Gasteiger partial charge is 0.482 e. The molecule has 0 bridgehead atoms. The molecule has 0 aliphatic rings. The second kappa shape index (κ2) is 8.21. The fourth-order valence-electron chi connectivity index (χ4n) is 2.37. The van der Waals surface area contributed by atoms with Gasteiger partial charge in [0, 0.05) is 42.8 Å². The average Bonchev–Trinajstić information content (AvgIpc) is 3.05. The minimum absolute atomic E-state index is 0.143. The Labute approximate surface area is 160 Å². The minimum Gasteiger partial charge on any atom is -0.482 e. The first-order valence-electron chi connectivity index (χ1n) is 7.80. The van der Waals surface area contributed by atoms with Gasteiger partial charge in [-0.25, -0.2) is 0 Å². The minimum atomic E-state index is -0.262. The van der Waals surface area contributed by atoms with Crippen molar-refractivity contribution in [2.24, 2.45) is 7.05 Å². The zero-order valence-electron chi connectivity index (χ0n) is 13.9. The second-order valence-corrected chi connectivity index (χ2v) is 6.41. The van der Waals surface area contributed by atoms with Crippen LogP contribution in [-0.2, 0) is 18.4 Å². The van der Waals surface area contributed by atoms with Crippen LogP contribution in [0.15, 0.2) is 48.9 Å². The normalized spacial score (nSPS) is 10.6. The van der Waals surface area contributed by atoms with Gasteiger partial charge in [0.15, 0.2) is 6.61 Å². The molecule has 0 saturated heterocycles. The third-order valence-corrected chi connectivity index (χ3v) is 4.18. The predicted octanol–water partition coefficient (Wildman–Crippen LogP) is 3.48. The number of halogens is 2. The van der Waals surface area contributed by atoms with E-state index in [9.17, 15) is 4.79 Å². The fraction of sp³-hybridized carbons (Fsp3) is 0.167. The molecule has 0 atom stereocenters. The molecule has 0 radical (unpaired) electrons. The summed E-state index contributed by atoms with van der Waals surface area (Å²) in [6.45, 7) is 0.200. The summed E-state index contributed by atoms with van der Waals surface area (Å²) in [6, 6.07) is 8.70. The lowest BCUT2D eigenvalue weighted by atomic mass is 10.1. The lowest BCUT2D eigenvalue weighted by molar-refractivity contribution is -0.123. The summed E-state index contributed by atoms with van der Waals surface area (Å²) in [5.41, 5.74) is 2.76. The van der Waals surface area contributed by atoms with E-state index >= 15 is 0 Å². The zero-order valence-corrected chi connectivity index (χ0v) is 15.5. The van der Waals surface area contributed by atoms with Crippen LogP contribution in [0, 0.1) is 0 Å². The SMILES string of the molecule is Cn1nccc1-c1cncc(CNC(=O)COc2ccc(Cl)cc2Cl)c1. The summed E-state index contributed by atoms with van der Waals surface area (Å²) < 4.78 is 7.18. The molecular weight excluding hydrogens is 375 g/mol. The summed E-state index contributed by atoms with van der Waals surface area (Å²) in [6.07, 6.45) is 5.19. The lowest BCUT2D eigenvalue weighted by Gasteiger charge is -2.09. The van der Waals surface area contributed by atoms with E-state index in [1.165, 1.54) is 0 Å². The van der Waals surface area contributed by atoms with Crippen LogP contribution in [0.2, 0.25) is 10.0 Å². The molecular formula is C18H16Cl2N4O2. The third-order valence-electron chi connectivity index (χ3n) is 3.65. The Hall–Kier alpha value is -2.57. The molecule has 0 spiro atoms. The molecule has 2 aromatic heterocycles. The number of carbonyl (C=O) groups is 1. The van der Waals surface area contributed by atoms with Crippen LogP contribution in [0.4, 0.5) is 0 Å². The first-order valence-corrected chi connectivity index (χ1v) is 8.55. The number of nitrogens with one attached hydrogen (secondary N) is 1. The number of hydrogen-bond donors (Lipinski definition) is 1. The number of pyridine rings is 1. The standard InChI is InChI=1S/C18H16Cl2N4O2/c1-24-16(4-5-23-24)13-6-12(8-21-10-13)9-22-18(25)11-26-17-3-2-14(19)7-15(17)20/h2-8,10H,9,11H2,1H3,(H,22,25). The van der Waals surface area contributed by atoms with Crippen molar-refractivity contribution >= 4 is 29.1 Å². The van der Waals surface area contributed by atoms with Crippen molar-refractivity contribution in [2.45, 2.75) is 6.54 Å². The highest BCUT2D eigenvalue weighted by Crippen LogP contribution is 2.27. The fourth-order valence-corrected chi connectivity index (χ4v) is 2.83. The van der Waals surface area contributed by atoms with E-state index in [1.807, 2.05) is 19.2 Å². The molecule has 1 N–H and O–H groups in total. The van der Waals surface area contributed by atoms with Gasteiger partial charge in [-0.15, -0.1) is 0 Å². The average molecular weight is 391 g/mol. The Morgan fingerprint density at radius 2 is 2.08 bits per heavy atom. The lowest BCUT2D eigenvalue weighted by Crippen LogP contribution is -2.28. The van der Waals surface area contributed by atoms with E-state index in [4.69, 9.17) is 27.9 Å². The van der Waals surface area contributed by atoms with Crippen LogP contribution in [0.3, 0.4) is 0 Å². The van der Waals surface area contributed by atoms with Crippen molar-refractivity contribution in [3.8, 4) is 17.0 Å². The van der Waals surface area contributed by atoms with Crippen molar-refractivity contribution < 1.29 is 9.53 Å². The Morgan fingerprint density at radius 3 is 2.81 bits per heavy atom. The molecule has 1 amide bonds. The van der Waals surface area contributed by atoms with Crippen molar-refractivity contribution in [2.75, 3.05) is 6.61 Å². The highest BCUT2D eigenvalue weighted by Gasteiger charge is 2.08. The smallest absolute Gasteiger partial charge is 0.258 e. The molecule has 0 unspecified atom stereocenters. The molecule has 3 rings (SSSR count). The van der Waals surface area contributed by atoms with E-state index in [1.54, 1.807) is 41.5 Å². The van der Waals surface area contributed by atoms with Gasteiger partial charge < -0.3 is 10.1 Å². The van der Waals surface area contributed by atoms with E-state index in [2.05, 4.69) is 15.4 Å². The van der Waals surface area contributed by atoms with E-state index < -0.39 is 0 Å². The number of amides is 1. The quantitative estimate of drug-likeness (QED) is 0.699. The molecule has 0 fully saturated rings. The van der Waals surface area contributed by atoms with Crippen LogP contribution in [0.5, 0.6) is 5.75 Å². The third kappa shape index (κ3) is 4.53. The molecule has 2 heterocycles. The predicted molar refractivity (Wildman–Crippen MR) is 100 cm³/mol. The highest BCUT2D eigenvalue weighted by atomic mass is 35.5. The maximum atomic E-state index is 12.0. The van der Waals surface area contributed by atoms with Crippen molar-refractivity contribution in [1.29, 1.82) is 0 Å². The molecule has 3 aromatic rings. The number of ether oxygens (including phenoxy) is 1. The number of carbonyl (C=O) groups excluding carboxylic acids is 1. The number of hydrogen-bond acceptors (Lipinski definition) is 4. The summed E-state index contributed by atoms with van der Waals surface area (Å²) in [7, 11) is 1.86. The molecule has 134 valence electrons. The Balaban J connectivity index is 1.55.